The van der Waals surface area contributed by atoms with Crippen LogP contribution in [0, 0.1) is 0 Å². The SMILES string of the molecule is COc1ccc2c(CCNC(=O)CSc3nnnn3-c3cccc(C(F)(F)F)c3)c[nH]c2c1. The van der Waals surface area contributed by atoms with Gasteiger partial charge in [0.25, 0.3) is 0 Å². The van der Waals surface area contributed by atoms with E-state index in [2.05, 4.69) is 25.8 Å². The fraction of sp³-hybridized carbons (Fsp3) is 0.238. The molecule has 0 unspecified atom stereocenters. The summed E-state index contributed by atoms with van der Waals surface area (Å²) in [6.45, 7) is 0.428. The van der Waals surface area contributed by atoms with Gasteiger partial charge < -0.3 is 15.0 Å². The van der Waals surface area contributed by atoms with Crippen LogP contribution in [0.2, 0.25) is 0 Å². The van der Waals surface area contributed by atoms with Crippen molar-refractivity contribution in [3.8, 4) is 11.4 Å². The monoisotopic (exact) mass is 476 g/mol. The minimum Gasteiger partial charge on any atom is -0.497 e. The first-order valence-corrected chi connectivity index (χ1v) is 10.8. The average Bonchev–Trinajstić information content (AvgIpc) is 3.44. The number of nitrogens with one attached hydrogen (secondary N) is 2. The van der Waals surface area contributed by atoms with Crippen LogP contribution in [0.3, 0.4) is 0 Å². The lowest BCUT2D eigenvalue weighted by Crippen LogP contribution is -2.27. The van der Waals surface area contributed by atoms with E-state index < -0.39 is 11.7 Å². The van der Waals surface area contributed by atoms with Gasteiger partial charge in [0.15, 0.2) is 0 Å². The van der Waals surface area contributed by atoms with Crippen LogP contribution in [0.15, 0.2) is 53.8 Å². The summed E-state index contributed by atoms with van der Waals surface area (Å²) < 4.78 is 45.3. The summed E-state index contributed by atoms with van der Waals surface area (Å²) in [6.07, 6.45) is -1.95. The predicted octanol–water partition coefficient (Wildman–Crippen LogP) is 3.62. The predicted molar refractivity (Wildman–Crippen MR) is 116 cm³/mol. The Morgan fingerprint density at radius 3 is 2.88 bits per heavy atom. The fourth-order valence-electron chi connectivity index (χ4n) is 3.26. The third kappa shape index (κ3) is 5.28. The van der Waals surface area contributed by atoms with E-state index in [1.165, 1.54) is 16.8 Å². The van der Waals surface area contributed by atoms with Crippen LogP contribution in [0.4, 0.5) is 13.2 Å². The molecule has 0 bridgehead atoms. The molecule has 8 nitrogen and oxygen atoms in total. The van der Waals surface area contributed by atoms with E-state index in [1.807, 2.05) is 24.4 Å². The van der Waals surface area contributed by atoms with Gasteiger partial charge in [-0.3, -0.25) is 4.79 Å². The molecule has 0 radical (unpaired) electrons. The number of carbonyl (C=O) groups excluding carboxylic acids is 1. The largest absolute Gasteiger partial charge is 0.497 e. The molecule has 0 aliphatic rings. The topological polar surface area (TPSA) is 97.7 Å². The number of H-pyrrole nitrogens is 1. The Morgan fingerprint density at radius 1 is 1.24 bits per heavy atom. The molecular weight excluding hydrogens is 457 g/mol. The Morgan fingerprint density at radius 2 is 2.09 bits per heavy atom. The number of tetrazole rings is 1. The van der Waals surface area contributed by atoms with Crippen molar-refractivity contribution in [2.24, 2.45) is 0 Å². The van der Waals surface area contributed by atoms with E-state index >= 15 is 0 Å². The number of thioether (sulfide) groups is 1. The highest BCUT2D eigenvalue weighted by Gasteiger charge is 2.30. The number of methoxy groups -OCH3 is 1. The normalized spacial score (nSPS) is 11.6. The Hall–Kier alpha value is -3.54. The first kappa shape index (κ1) is 22.6. The number of hydrogen-bond donors (Lipinski definition) is 2. The van der Waals surface area contributed by atoms with Gasteiger partial charge in [-0.15, -0.1) is 5.10 Å². The molecule has 0 spiro atoms. The Labute approximate surface area is 190 Å². The summed E-state index contributed by atoms with van der Waals surface area (Å²) in [7, 11) is 1.61. The number of hydrogen-bond acceptors (Lipinski definition) is 6. The first-order valence-electron chi connectivity index (χ1n) is 9.84. The highest BCUT2D eigenvalue weighted by molar-refractivity contribution is 7.99. The minimum absolute atomic E-state index is 0.0183. The molecule has 33 heavy (non-hydrogen) atoms. The molecule has 4 aromatic rings. The molecule has 12 heteroatoms. The second kappa shape index (κ2) is 9.53. The summed E-state index contributed by atoms with van der Waals surface area (Å²) in [4.78, 5) is 15.5. The van der Waals surface area contributed by atoms with Crippen LogP contribution < -0.4 is 10.1 Å². The van der Waals surface area contributed by atoms with Gasteiger partial charge in [-0.1, -0.05) is 17.8 Å². The van der Waals surface area contributed by atoms with E-state index in [4.69, 9.17) is 4.74 Å². The van der Waals surface area contributed by atoms with Crippen LogP contribution >= 0.6 is 11.8 Å². The summed E-state index contributed by atoms with van der Waals surface area (Å²) >= 11 is 1.04. The van der Waals surface area contributed by atoms with E-state index in [1.54, 1.807) is 7.11 Å². The lowest BCUT2D eigenvalue weighted by atomic mass is 10.1. The number of amides is 1. The number of benzene rings is 2. The van der Waals surface area contributed by atoms with Crippen molar-refractivity contribution in [2.45, 2.75) is 17.8 Å². The second-order valence-corrected chi connectivity index (χ2v) is 7.98. The van der Waals surface area contributed by atoms with Gasteiger partial charge in [0.2, 0.25) is 11.1 Å². The molecule has 1 amide bonds. The quantitative estimate of drug-likeness (QED) is 0.377. The third-order valence-corrected chi connectivity index (χ3v) is 5.80. The Bertz CT molecular complexity index is 1270. The zero-order chi connectivity index (χ0) is 23.4. The van der Waals surface area contributed by atoms with Crippen molar-refractivity contribution in [2.75, 3.05) is 19.4 Å². The van der Waals surface area contributed by atoms with Gasteiger partial charge in [-0.25, -0.2) is 0 Å². The molecule has 172 valence electrons. The van der Waals surface area contributed by atoms with Crippen molar-refractivity contribution in [1.82, 2.24) is 30.5 Å². The number of halogens is 3. The number of nitrogens with zero attached hydrogens (tertiary/aromatic N) is 4. The molecule has 2 aromatic heterocycles. The average molecular weight is 476 g/mol. The zero-order valence-electron chi connectivity index (χ0n) is 17.4. The summed E-state index contributed by atoms with van der Waals surface area (Å²) in [6, 6.07) is 10.4. The molecule has 4 rings (SSSR count). The van der Waals surface area contributed by atoms with E-state index in [-0.39, 0.29) is 22.5 Å². The number of aromatic amines is 1. The number of rotatable bonds is 8. The highest BCUT2D eigenvalue weighted by Crippen LogP contribution is 2.31. The van der Waals surface area contributed by atoms with Gasteiger partial charge in [-0.2, -0.15) is 17.9 Å². The van der Waals surface area contributed by atoms with Crippen LogP contribution in [-0.2, 0) is 17.4 Å². The lowest BCUT2D eigenvalue weighted by Gasteiger charge is -2.09. The molecule has 0 aliphatic heterocycles. The molecule has 0 aliphatic carbocycles. The van der Waals surface area contributed by atoms with Crippen molar-refractivity contribution in [3.05, 3.63) is 59.8 Å². The maximum atomic E-state index is 13.0. The Kier molecular flexibility index (Phi) is 6.54. The molecule has 0 saturated heterocycles. The maximum Gasteiger partial charge on any atom is 0.416 e. The second-order valence-electron chi connectivity index (χ2n) is 7.04. The van der Waals surface area contributed by atoms with E-state index in [0.29, 0.717) is 13.0 Å². The number of ether oxygens (including phenoxy) is 1. The third-order valence-electron chi connectivity index (χ3n) is 4.88. The molecule has 0 fully saturated rings. The number of alkyl halides is 3. The van der Waals surface area contributed by atoms with Crippen LogP contribution in [0.5, 0.6) is 5.75 Å². The number of fused-ring (bicyclic) bond motifs is 1. The van der Waals surface area contributed by atoms with Gasteiger partial charge >= 0.3 is 6.18 Å². The van der Waals surface area contributed by atoms with Gasteiger partial charge in [0.1, 0.15) is 5.75 Å². The standard InChI is InChI=1S/C21H19F3N6O2S/c1-32-16-5-6-17-13(11-26-18(17)10-16)7-8-25-19(31)12-33-20-27-28-29-30(20)15-4-2-3-14(9-15)21(22,23)24/h2-6,9-11,26H,7-8,12H2,1H3,(H,25,31). The van der Waals surface area contributed by atoms with Gasteiger partial charge in [-0.05, 0) is 52.7 Å². The fourth-order valence-corrected chi connectivity index (χ4v) is 3.98. The van der Waals surface area contributed by atoms with Crippen LogP contribution in [-0.4, -0.2) is 50.5 Å². The van der Waals surface area contributed by atoms with Crippen molar-refractivity contribution >= 4 is 28.6 Å². The smallest absolute Gasteiger partial charge is 0.416 e. The lowest BCUT2D eigenvalue weighted by molar-refractivity contribution is -0.137. The van der Waals surface area contributed by atoms with Gasteiger partial charge in [0.05, 0.1) is 24.1 Å². The van der Waals surface area contributed by atoms with Crippen molar-refractivity contribution in [1.29, 1.82) is 0 Å². The van der Waals surface area contributed by atoms with Crippen molar-refractivity contribution in [3.63, 3.8) is 0 Å². The first-order chi connectivity index (χ1) is 15.8. The molecule has 0 saturated carbocycles. The molecule has 0 atom stereocenters. The van der Waals surface area contributed by atoms with Gasteiger partial charge in [0, 0.05) is 29.7 Å². The summed E-state index contributed by atoms with van der Waals surface area (Å²) in [5.41, 5.74) is 1.37. The zero-order valence-corrected chi connectivity index (χ0v) is 18.2. The highest BCUT2D eigenvalue weighted by atomic mass is 32.2. The minimum atomic E-state index is -4.48. The molecule has 2 N–H and O–H groups in total. The maximum absolute atomic E-state index is 13.0. The molecule has 2 heterocycles. The molecule has 2 aromatic carbocycles. The summed E-state index contributed by atoms with van der Waals surface area (Å²) in [5.74, 6) is 0.540. The van der Waals surface area contributed by atoms with Crippen LogP contribution in [0.1, 0.15) is 11.1 Å². The Balaban J connectivity index is 1.32. The number of carbonyl (C=O) groups is 1. The van der Waals surface area contributed by atoms with Crippen molar-refractivity contribution < 1.29 is 22.7 Å². The number of aromatic nitrogens is 5. The van der Waals surface area contributed by atoms with E-state index in [0.717, 1.165) is 46.1 Å². The molecular formula is C21H19F3N6O2S. The van der Waals surface area contributed by atoms with Crippen LogP contribution in [0.25, 0.3) is 16.6 Å². The summed E-state index contributed by atoms with van der Waals surface area (Å²) in [5, 5.41) is 15.2. The van der Waals surface area contributed by atoms with E-state index in [9.17, 15) is 18.0 Å².